The Morgan fingerprint density at radius 2 is 1.53 bits per heavy atom. The number of phosphoric ester groups is 1. The van der Waals surface area contributed by atoms with Gasteiger partial charge in [-0.2, -0.15) is 0 Å². The molecule has 2 fully saturated rings. The minimum absolute atomic E-state index is 0.253. The van der Waals surface area contributed by atoms with Crippen molar-refractivity contribution < 1.29 is 68.2 Å². The fourth-order valence-corrected chi connectivity index (χ4v) is 4.68. The minimum Gasteiger partial charge on any atom is -0.394 e. The Kier molecular flexibility index (Phi) is 14.0. The third-order valence-electron chi connectivity index (χ3n) is 6.37. The zero-order valence-electron chi connectivity index (χ0n) is 21.6. The molecule has 224 valence electrons. The summed E-state index contributed by atoms with van der Waals surface area (Å²) >= 11 is 0. The van der Waals surface area contributed by atoms with Gasteiger partial charge >= 0.3 is 7.82 Å². The lowest BCUT2D eigenvalue weighted by atomic mass is 9.95. The third-order valence-corrected chi connectivity index (χ3v) is 6.86. The van der Waals surface area contributed by atoms with E-state index < -0.39 is 88.3 Å². The number of amides is 1. The molecule has 15 nitrogen and oxygen atoms in total. The second-order valence-corrected chi connectivity index (χ2v) is 10.7. The summed E-state index contributed by atoms with van der Waals surface area (Å²) in [5, 5.41) is 54.0. The Labute approximate surface area is 221 Å². The molecular formula is C22H42NO14P. The van der Waals surface area contributed by atoms with Gasteiger partial charge < -0.3 is 59.6 Å². The smallest absolute Gasteiger partial charge is 0.394 e. The average molecular weight is 576 g/mol. The van der Waals surface area contributed by atoms with Crippen molar-refractivity contribution in [2.45, 2.75) is 114 Å². The van der Waals surface area contributed by atoms with E-state index in [4.69, 9.17) is 28.7 Å². The van der Waals surface area contributed by atoms with E-state index in [2.05, 4.69) is 16.8 Å². The molecule has 1 amide bonds. The van der Waals surface area contributed by atoms with E-state index in [1.54, 1.807) is 0 Å². The van der Waals surface area contributed by atoms with Gasteiger partial charge in [-0.1, -0.05) is 39.0 Å². The minimum atomic E-state index is -4.95. The van der Waals surface area contributed by atoms with E-state index in [1.165, 1.54) is 6.92 Å². The van der Waals surface area contributed by atoms with Crippen LogP contribution in [0, 0.1) is 0 Å². The standard InChI is InChI=1S/C22H42NO14P/c1-3-4-5-6-7-8-9-33-21-15(23-12(2)25)20(17(27)13(10-24)35-21)37-22-19(29)18(28)16(26)14(36-22)11-34-38(30,31)32/h13-22,24,26-29H,3-11H2,1-2H3,(H,23,25)(H2,30,31,32)/t13-,14-,15-,16+,17-,18+,19-,20-,21-,22+/m1/s1. The summed E-state index contributed by atoms with van der Waals surface area (Å²) in [6.07, 6.45) is -8.14. The zero-order valence-corrected chi connectivity index (χ0v) is 22.5. The van der Waals surface area contributed by atoms with Crippen LogP contribution < -0.4 is 5.32 Å². The molecule has 2 aliphatic rings. The highest BCUT2D eigenvalue weighted by molar-refractivity contribution is 7.46. The first-order valence-electron chi connectivity index (χ1n) is 12.8. The van der Waals surface area contributed by atoms with E-state index in [1.807, 2.05) is 0 Å². The SMILES string of the molecule is CCCCCCCCO[C@@H]1O[C@H](CO)[C@@H](O)[C@H](O[C@@H]2O[C@H](COP(=O)(O)O)[C@H](O)[C@H](O)[C@H]2O)[C@H]1NC(C)=O. The highest BCUT2D eigenvalue weighted by atomic mass is 31.2. The number of nitrogens with one attached hydrogen (secondary N) is 1. The van der Waals surface area contributed by atoms with Crippen LogP contribution in [0.15, 0.2) is 0 Å². The number of aliphatic hydroxyl groups excluding tert-OH is 5. The third kappa shape index (κ3) is 10.0. The lowest BCUT2D eigenvalue weighted by Gasteiger charge is -2.47. The van der Waals surface area contributed by atoms with Crippen LogP contribution in [0.2, 0.25) is 0 Å². The maximum absolute atomic E-state index is 12.0. The second kappa shape index (κ2) is 15.9. The van der Waals surface area contributed by atoms with Crippen molar-refractivity contribution in [3.8, 4) is 0 Å². The molecule has 2 rings (SSSR count). The van der Waals surface area contributed by atoms with E-state index >= 15 is 0 Å². The molecule has 38 heavy (non-hydrogen) atoms. The molecular weight excluding hydrogens is 533 g/mol. The Morgan fingerprint density at radius 3 is 2.13 bits per heavy atom. The second-order valence-electron chi connectivity index (χ2n) is 9.48. The molecule has 0 radical (unpaired) electrons. The highest BCUT2D eigenvalue weighted by Crippen LogP contribution is 2.37. The van der Waals surface area contributed by atoms with Gasteiger partial charge in [0.25, 0.3) is 0 Å². The summed E-state index contributed by atoms with van der Waals surface area (Å²) in [6.45, 7) is 2.09. The summed E-state index contributed by atoms with van der Waals surface area (Å²) in [6, 6.07) is -1.14. The Bertz CT molecular complexity index is 756. The molecule has 0 spiro atoms. The van der Waals surface area contributed by atoms with Crippen LogP contribution >= 0.6 is 7.82 Å². The molecule has 0 aromatic rings. The van der Waals surface area contributed by atoms with Crippen molar-refractivity contribution in [1.29, 1.82) is 0 Å². The van der Waals surface area contributed by atoms with Crippen molar-refractivity contribution in [3.05, 3.63) is 0 Å². The summed E-state index contributed by atoms with van der Waals surface area (Å²) in [7, 11) is -4.95. The van der Waals surface area contributed by atoms with Crippen LogP contribution in [0.5, 0.6) is 0 Å². The number of unbranched alkanes of at least 4 members (excludes halogenated alkanes) is 5. The zero-order chi connectivity index (χ0) is 28.5. The Morgan fingerprint density at radius 1 is 0.895 bits per heavy atom. The quantitative estimate of drug-likeness (QED) is 0.0799. The van der Waals surface area contributed by atoms with Gasteiger partial charge in [0.1, 0.15) is 48.8 Å². The van der Waals surface area contributed by atoms with Gasteiger partial charge in [-0.05, 0) is 6.42 Å². The molecule has 2 saturated heterocycles. The van der Waals surface area contributed by atoms with E-state index in [0.717, 1.165) is 32.1 Å². The Hall–Kier alpha value is -0.780. The topological polar surface area (TPSA) is 234 Å². The number of hydrogen-bond acceptors (Lipinski definition) is 12. The van der Waals surface area contributed by atoms with Gasteiger partial charge in [0.2, 0.25) is 5.91 Å². The van der Waals surface area contributed by atoms with Crippen LogP contribution in [0.3, 0.4) is 0 Å². The summed E-state index contributed by atoms with van der Waals surface area (Å²) in [5.41, 5.74) is 0. The van der Waals surface area contributed by atoms with E-state index in [0.29, 0.717) is 6.42 Å². The number of carbonyl (C=O) groups is 1. The predicted octanol–water partition coefficient (Wildman–Crippen LogP) is -1.75. The maximum atomic E-state index is 12.0. The number of carbonyl (C=O) groups excluding carboxylic acids is 1. The van der Waals surface area contributed by atoms with Crippen LogP contribution in [-0.4, -0.2) is 122 Å². The molecule has 2 heterocycles. The van der Waals surface area contributed by atoms with Crippen molar-refractivity contribution in [3.63, 3.8) is 0 Å². The maximum Gasteiger partial charge on any atom is 0.469 e. The van der Waals surface area contributed by atoms with Gasteiger partial charge in [-0.25, -0.2) is 4.57 Å². The Balaban J connectivity index is 2.16. The normalized spacial score (nSPS) is 36.2. The molecule has 0 aliphatic carbocycles. The van der Waals surface area contributed by atoms with Crippen molar-refractivity contribution >= 4 is 13.7 Å². The molecule has 8 N–H and O–H groups in total. The number of rotatable bonds is 15. The highest BCUT2D eigenvalue weighted by Gasteiger charge is 2.51. The monoisotopic (exact) mass is 575 g/mol. The molecule has 10 atom stereocenters. The van der Waals surface area contributed by atoms with E-state index in [9.17, 15) is 34.9 Å². The molecule has 0 bridgehead atoms. The fraction of sp³-hybridized carbons (Fsp3) is 0.955. The van der Waals surface area contributed by atoms with Crippen LogP contribution in [0.4, 0.5) is 0 Å². The first-order valence-corrected chi connectivity index (χ1v) is 14.3. The van der Waals surface area contributed by atoms with Crippen molar-refractivity contribution in [1.82, 2.24) is 5.32 Å². The van der Waals surface area contributed by atoms with E-state index in [-0.39, 0.29) is 6.61 Å². The molecule has 2 aliphatic heterocycles. The first kappa shape index (κ1) is 33.4. The van der Waals surface area contributed by atoms with Crippen LogP contribution in [0.1, 0.15) is 52.4 Å². The number of hydrogen-bond donors (Lipinski definition) is 8. The van der Waals surface area contributed by atoms with Gasteiger partial charge in [0, 0.05) is 13.5 Å². The molecule has 0 aromatic heterocycles. The average Bonchev–Trinajstić information content (AvgIpc) is 2.85. The molecule has 0 aromatic carbocycles. The predicted molar refractivity (Wildman–Crippen MR) is 128 cm³/mol. The van der Waals surface area contributed by atoms with Crippen molar-refractivity contribution in [2.24, 2.45) is 0 Å². The lowest BCUT2D eigenvalue weighted by molar-refractivity contribution is -0.344. The van der Waals surface area contributed by atoms with Crippen LogP contribution in [0.25, 0.3) is 0 Å². The molecule has 0 unspecified atom stereocenters. The molecule has 0 saturated carbocycles. The van der Waals surface area contributed by atoms with Gasteiger partial charge in [0.05, 0.1) is 13.2 Å². The number of ether oxygens (including phenoxy) is 4. The van der Waals surface area contributed by atoms with Crippen molar-refractivity contribution in [2.75, 3.05) is 19.8 Å². The lowest BCUT2D eigenvalue weighted by Crippen LogP contribution is -2.68. The fourth-order valence-electron chi connectivity index (χ4n) is 4.33. The molecule has 16 heteroatoms. The first-order chi connectivity index (χ1) is 17.9. The number of phosphoric acid groups is 1. The van der Waals surface area contributed by atoms with Crippen LogP contribution in [-0.2, 0) is 32.8 Å². The summed E-state index contributed by atoms with van der Waals surface area (Å²) in [5.74, 6) is -0.525. The van der Waals surface area contributed by atoms with Gasteiger partial charge in [-0.3, -0.25) is 9.32 Å². The largest absolute Gasteiger partial charge is 0.469 e. The number of aliphatic hydroxyl groups is 5. The van der Waals surface area contributed by atoms with Gasteiger partial charge in [-0.15, -0.1) is 0 Å². The summed E-state index contributed by atoms with van der Waals surface area (Å²) < 4.78 is 38.1. The summed E-state index contributed by atoms with van der Waals surface area (Å²) in [4.78, 5) is 29.9. The van der Waals surface area contributed by atoms with Gasteiger partial charge in [0.15, 0.2) is 12.6 Å².